The third kappa shape index (κ3) is 4.99. The standard InChI is InChI=1S/C19H22ClNO6S/c1-5-11(3)21-18(23)15(28-19(21)24)9-12-7-13(20)17(14(8-12)25-4)27-10-16(22)26-6-2/h7-9,11H,5-6,10H2,1-4H3/b15-9+/t11-/m1/s1. The van der Waals surface area contributed by atoms with Crippen molar-refractivity contribution in [1.82, 2.24) is 4.90 Å². The van der Waals surface area contributed by atoms with Gasteiger partial charge in [-0.25, -0.2) is 4.79 Å². The van der Waals surface area contributed by atoms with Crippen molar-refractivity contribution in [2.75, 3.05) is 20.3 Å². The van der Waals surface area contributed by atoms with Crippen molar-refractivity contribution in [3.8, 4) is 11.5 Å². The molecule has 1 aromatic carbocycles. The number of thioether (sulfide) groups is 1. The molecular weight excluding hydrogens is 406 g/mol. The number of halogens is 1. The average molecular weight is 428 g/mol. The van der Waals surface area contributed by atoms with Gasteiger partial charge in [0.25, 0.3) is 11.1 Å². The van der Waals surface area contributed by atoms with Crippen molar-refractivity contribution >= 4 is 46.6 Å². The number of methoxy groups -OCH3 is 1. The molecule has 0 spiro atoms. The van der Waals surface area contributed by atoms with Crippen molar-refractivity contribution in [2.24, 2.45) is 0 Å². The first kappa shape index (κ1) is 22.1. The largest absolute Gasteiger partial charge is 0.493 e. The van der Waals surface area contributed by atoms with Crippen LogP contribution in [-0.4, -0.2) is 48.4 Å². The second kappa shape index (κ2) is 9.84. The number of hydrogen-bond acceptors (Lipinski definition) is 7. The minimum atomic E-state index is -0.525. The molecule has 1 aliphatic heterocycles. The molecule has 9 heteroatoms. The number of amides is 2. The normalized spacial score (nSPS) is 16.5. The summed E-state index contributed by atoms with van der Waals surface area (Å²) in [6.07, 6.45) is 2.26. The molecule has 1 heterocycles. The van der Waals surface area contributed by atoms with E-state index in [9.17, 15) is 14.4 Å². The molecule has 0 aromatic heterocycles. The van der Waals surface area contributed by atoms with Crippen LogP contribution in [0.4, 0.5) is 4.79 Å². The summed E-state index contributed by atoms with van der Waals surface area (Å²) in [5, 5.41) is -0.0888. The maximum atomic E-state index is 12.5. The zero-order valence-corrected chi connectivity index (χ0v) is 17.7. The van der Waals surface area contributed by atoms with Gasteiger partial charge in [-0.2, -0.15) is 0 Å². The lowest BCUT2D eigenvalue weighted by atomic mass is 10.1. The zero-order chi connectivity index (χ0) is 20.8. The zero-order valence-electron chi connectivity index (χ0n) is 16.1. The molecule has 0 bridgehead atoms. The van der Waals surface area contributed by atoms with Gasteiger partial charge in [-0.3, -0.25) is 14.5 Å². The number of benzene rings is 1. The van der Waals surface area contributed by atoms with E-state index in [2.05, 4.69) is 0 Å². The van der Waals surface area contributed by atoms with Gasteiger partial charge >= 0.3 is 5.97 Å². The molecule has 152 valence electrons. The fourth-order valence-electron chi connectivity index (χ4n) is 2.49. The second-order valence-corrected chi connectivity index (χ2v) is 7.34. The summed E-state index contributed by atoms with van der Waals surface area (Å²) in [6, 6.07) is 3.01. The quantitative estimate of drug-likeness (QED) is 0.455. The number of nitrogens with zero attached hydrogens (tertiary/aromatic N) is 1. The number of imide groups is 1. The van der Waals surface area contributed by atoms with Gasteiger partial charge in [0.15, 0.2) is 18.1 Å². The maximum absolute atomic E-state index is 12.5. The Morgan fingerprint density at radius 1 is 1.32 bits per heavy atom. The highest BCUT2D eigenvalue weighted by atomic mass is 35.5. The summed E-state index contributed by atoms with van der Waals surface area (Å²) in [7, 11) is 1.43. The molecule has 0 N–H and O–H groups in total. The van der Waals surface area contributed by atoms with Gasteiger partial charge in [-0.1, -0.05) is 18.5 Å². The average Bonchev–Trinajstić information content (AvgIpc) is 2.93. The van der Waals surface area contributed by atoms with Gasteiger partial charge in [-0.15, -0.1) is 0 Å². The van der Waals surface area contributed by atoms with Crippen molar-refractivity contribution in [1.29, 1.82) is 0 Å². The number of esters is 1. The highest BCUT2D eigenvalue weighted by Crippen LogP contribution is 2.39. The second-order valence-electron chi connectivity index (χ2n) is 5.94. The van der Waals surface area contributed by atoms with Crippen LogP contribution in [0.3, 0.4) is 0 Å². The highest BCUT2D eigenvalue weighted by Gasteiger charge is 2.37. The number of carbonyl (C=O) groups is 3. The van der Waals surface area contributed by atoms with Gasteiger partial charge in [0.05, 0.1) is 23.6 Å². The lowest BCUT2D eigenvalue weighted by Gasteiger charge is -2.19. The van der Waals surface area contributed by atoms with E-state index in [1.54, 1.807) is 25.1 Å². The molecule has 0 unspecified atom stereocenters. The fourth-order valence-corrected chi connectivity index (χ4v) is 3.69. The van der Waals surface area contributed by atoms with E-state index in [1.807, 2.05) is 13.8 Å². The van der Waals surface area contributed by atoms with E-state index >= 15 is 0 Å². The maximum Gasteiger partial charge on any atom is 0.344 e. The van der Waals surface area contributed by atoms with Crippen LogP contribution in [0.5, 0.6) is 11.5 Å². The Bertz CT molecular complexity index is 810. The van der Waals surface area contributed by atoms with Crippen LogP contribution in [-0.2, 0) is 14.3 Å². The Balaban J connectivity index is 2.27. The number of carbonyl (C=O) groups excluding carboxylic acids is 3. The van der Waals surface area contributed by atoms with Gasteiger partial charge < -0.3 is 14.2 Å². The van der Waals surface area contributed by atoms with E-state index < -0.39 is 5.97 Å². The first-order valence-electron chi connectivity index (χ1n) is 8.75. The van der Waals surface area contributed by atoms with E-state index in [1.165, 1.54) is 12.0 Å². The van der Waals surface area contributed by atoms with Crippen LogP contribution in [0.15, 0.2) is 17.0 Å². The Morgan fingerprint density at radius 3 is 2.64 bits per heavy atom. The SMILES string of the molecule is CCOC(=O)COc1c(Cl)cc(/C=C2/SC(=O)N([C@H](C)CC)C2=O)cc1OC. The summed E-state index contributed by atoms with van der Waals surface area (Å²) in [6.45, 7) is 5.38. The molecular formula is C19H22ClNO6S. The van der Waals surface area contributed by atoms with E-state index in [0.29, 0.717) is 22.6 Å². The minimum Gasteiger partial charge on any atom is -0.493 e. The number of rotatable bonds is 8. The molecule has 1 saturated heterocycles. The van der Waals surface area contributed by atoms with Crippen molar-refractivity contribution in [3.05, 3.63) is 27.6 Å². The van der Waals surface area contributed by atoms with Crippen LogP contribution in [0.2, 0.25) is 5.02 Å². The monoisotopic (exact) mass is 427 g/mol. The minimum absolute atomic E-state index is 0.171. The molecule has 2 amide bonds. The molecule has 2 rings (SSSR count). The van der Waals surface area contributed by atoms with Crippen LogP contribution < -0.4 is 9.47 Å². The topological polar surface area (TPSA) is 82.1 Å². The molecule has 0 radical (unpaired) electrons. The van der Waals surface area contributed by atoms with Crippen molar-refractivity contribution in [2.45, 2.75) is 33.2 Å². The van der Waals surface area contributed by atoms with Crippen LogP contribution >= 0.6 is 23.4 Å². The molecule has 1 fully saturated rings. The molecule has 0 saturated carbocycles. The highest BCUT2D eigenvalue weighted by molar-refractivity contribution is 8.18. The Labute approximate surface area is 172 Å². The van der Waals surface area contributed by atoms with Crippen molar-refractivity contribution in [3.63, 3.8) is 0 Å². The predicted molar refractivity (Wildman–Crippen MR) is 108 cm³/mol. The molecule has 1 aromatic rings. The molecule has 7 nitrogen and oxygen atoms in total. The van der Waals surface area contributed by atoms with E-state index in [-0.39, 0.29) is 41.2 Å². The predicted octanol–water partition coefficient (Wildman–Crippen LogP) is 4.13. The smallest absolute Gasteiger partial charge is 0.344 e. The fraction of sp³-hybridized carbons (Fsp3) is 0.421. The van der Waals surface area contributed by atoms with Crippen LogP contribution in [0.25, 0.3) is 6.08 Å². The van der Waals surface area contributed by atoms with Gasteiger partial charge in [0.1, 0.15) is 0 Å². The number of hydrogen-bond donors (Lipinski definition) is 0. The third-order valence-electron chi connectivity index (χ3n) is 4.04. The lowest BCUT2D eigenvalue weighted by Crippen LogP contribution is -2.36. The van der Waals surface area contributed by atoms with Gasteiger partial charge in [0, 0.05) is 6.04 Å². The Kier molecular flexibility index (Phi) is 7.77. The van der Waals surface area contributed by atoms with Crippen LogP contribution in [0.1, 0.15) is 32.8 Å². The van der Waals surface area contributed by atoms with Crippen molar-refractivity contribution < 1.29 is 28.6 Å². The summed E-state index contributed by atoms with van der Waals surface area (Å²) < 4.78 is 15.5. The van der Waals surface area contributed by atoms with E-state index in [0.717, 1.165) is 11.8 Å². The molecule has 1 aliphatic rings. The van der Waals surface area contributed by atoms with Gasteiger partial charge in [-0.05, 0) is 55.8 Å². The summed E-state index contributed by atoms with van der Waals surface area (Å²) >= 11 is 7.16. The summed E-state index contributed by atoms with van der Waals surface area (Å²) in [4.78, 5) is 37.7. The van der Waals surface area contributed by atoms with E-state index in [4.69, 9.17) is 25.8 Å². The molecule has 0 aliphatic carbocycles. The van der Waals surface area contributed by atoms with Crippen LogP contribution in [0, 0.1) is 0 Å². The Morgan fingerprint density at radius 2 is 2.04 bits per heavy atom. The third-order valence-corrected chi connectivity index (χ3v) is 5.21. The van der Waals surface area contributed by atoms with Gasteiger partial charge in [0.2, 0.25) is 0 Å². The first-order valence-corrected chi connectivity index (χ1v) is 9.94. The summed E-state index contributed by atoms with van der Waals surface area (Å²) in [5.41, 5.74) is 0.569. The lowest BCUT2D eigenvalue weighted by molar-refractivity contribution is -0.145. The number of ether oxygens (including phenoxy) is 3. The molecule has 28 heavy (non-hydrogen) atoms. The summed E-state index contributed by atoms with van der Waals surface area (Å²) in [5.74, 6) is -0.364. The first-order chi connectivity index (χ1) is 13.3. The molecule has 1 atom stereocenters. The Hall–Kier alpha value is -2.19.